The van der Waals surface area contributed by atoms with E-state index in [4.69, 9.17) is 0 Å². The van der Waals surface area contributed by atoms with Crippen LogP contribution in [0.4, 0.5) is 0 Å². The maximum absolute atomic E-state index is 3.17. The number of hydrogen-bond donors (Lipinski definition) is 1. The summed E-state index contributed by atoms with van der Waals surface area (Å²) < 4.78 is 0. The van der Waals surface area contributed by atoms with Crippen LogP contribution in [-0.2, 0) is 0 Å². The van der Waals surface area contributed by atoms with Gasteiger partial charge >= 0.3 is 0 Å². The molecule has 0 amide bonds. The van der Waals surface area contributed by atoms with Crippen molar-refractivity contribution in [2.24, 2.45) is 0 Å². The SMILES string of the molecule is CNCC(C)=Cc1c(C)cc(C)cc1C. The Bertz CT molecular complexity index is 352. The minimum atomic E-state index is 0.951. The molecule has 0 saturated heterocycles. The van der Waals surface area contributed by atoms with Gasteiger partial charge in [-0.25, -0.2) is 0 Å². The van der Waals surface area contributed by atoms with Gasteiger partial charge in [0, 0.05) is 6.54 Å². The Kier molecular flexibility index (Phi) is 4.10. The second kappa shape index (κ2) is 5.13. The van der Waals surface area contributed by atoms with Crippen molar-refractivity contribution in [3.05, 3.63) is 40.0 Å². The van der Waals surface area contributed by atoms with Crippen molar-refractivity contribution >= 4 is 6.08 Å². The summed E-state index contributed by atoms with van der Waals surface area (Å²) in [4.78, 5) is 0. The third-order valence-electron chi connectivity index (χ3n) is 2.58. The lowest BCUT2D eigenvalue weighted by Gasteiger charge is -2.09. The molecule has 82 valence electrons. The molecule has 0 aliphatic carbocycles. The largest absolute Gasteiger partial charge is 0.316 e. The smallest absolute Gasteiger partial charge is 0.0162 e. The molecule has 0 aliphatic heterocycles. The van der Waals surface area contributed by atoms with Crippen LogP contribution in [0, 0.1) is 20.8 Å². The van der Waals surface area contributed by atoms with E-state index in [1.54, 1.807) is 0 Å². The highest BCUT2D eigenvalue weighted by molar-refractivity contribution is 5.60. The maximum atomic E-state index is 3.17. The van der Waals surface area contributed by atoms with E-state index in [1.165, 1.54) is 27.8 Å². The van der Waals surface area contributed by atoms with Crippen LogP contribution in [0.15, 0.2) is 17.7 Å². The predicted molar refractivity (Wildman–Crippen MR) is 68.2 cm³/mol. The topological polar surface area (TPSA) is 12.0 Å². The molecule has 1 N–H and O–H groups in total. The lowest BCUT2D eigenvalue weighted by atomic mass is 9.98. The number of hydrogen-bond acceptors (Lipinski definition) is 1. The number of nitrogens with one attached hydrogen (secondary N) is 1. The number of rotatable bonds is 3. The van der Waals surface area contributed by atoms with Gasteiger partial charge in [0.1, 0.15) is 0 Å². The summed E-state index contributed by atoms with van der Waals surface area (Å²) in [5.41, 5.74) is 6.81. The Morgan fingerprint density at radius 3 is 2.20 bits per heavy atom. The van der Waals surface area contributed by atoms with E-state index in [0.717, 1.165) is 6.54 Å². The summed E-state index contributed by atoms with van der Waals surface area (Å²) in [7, 11) is 1.98. The Morgan fingerprint density at radius 2 is 1.73 bits per heavy atom. The van der Waals surface area contributed by atoms with Gasteiger partial charge in [-0.2, -0.15) is 0 Å². The third kappa shape index (κ3) is 3.21. The summed E-state index contributed by atoms with van der Waals surface area (Å²) in [5.74, 6) is 0. The van der Waals surface area contributed by atoms with Crippen LogP contribution >= 0.6 is 0 Å². The highest BCUT2D eigenvalue weighted by Gasteiger charge is 2.01. The molecule has 0 radical (unpaired) electrons. The first kappa shape index (κ1) is 12.0. The Morgan fingerprint density at radius 1 is 1.20 bits per heavy atom. The Labute approximate surface area is 93.2 Å². The van der Waals surface area contributed by atoms with E-state index in [0.29, 0.717) is 0 Å². The van der Waals surface area contributed by atoms with Crippen molar-refractivity contribution < 1.29 is 0 Å². The summed E-state index contributed by atoms with van der Waals surface area (Å²) in [6, 6.07) is 4.48. The normalized spacial score (nSPS) is 11.9. The third-order valence-corrected chi connectivity index (χ3v) is 2.58. The zero-order valence-corrected chi connectivity index (χ0v) is 10.4. The van der Waals surface area contributed by atoms with Crippen molar-refractivity contribution in [1.29, 1.82) is 0 Å². The quantitative estimate of drug-likeness (QED) is 0.795. The van der Waals surface area contributed by atoms with Crippen molar-refractivity contribution in [2.75, 3.05) is 13.6 Å². The van der Waals surface area contributed by atoms with Crippen molar-refractivity contribution in [3.8, 4) is 0 Å². The lowest BCUT2D eigenvalue weighted by Crippen LogP contribution is -2.08. The van der Waals surface area contributed by atoms with E-state index < -0.39 is 0 Å². The molecule has 1 aromatic carbocycles. The van der Waals surface area contributed by atoms with Crippen LogP contribution < -0.4 is 5.32 Å². The van der Waals surface area contributed by atoms with E-state index >= 15 is 0 Å². The Balaban J connectivity index is 3.09. The van der Waals surface area contributed by atoms with Gasteiger partial charge in [0.05, 0.1) is 0 Å². The molecule has 1 aromatic rings. The van der Waals surface area contributed by atoms with Gasteiger partial charge in [0.15, 0.2) is 0 Å². The first-order chi connectivity index (χ1) is 7.04. The van der Waals surface area contributed by atoms with Crippen LogP contribution in [0.3, 0.4) is 0 Å². The maximum Gasteiger partial charge on any atom is 0.0162 e. The van der Waals surface area contributed by atoms with Crippen molar-refractivity contribution in [2.45, 2.75) is 27.7 Å². The molecular formula is C14H21N. The molecule has 0 unspecified atom stereocenters. The van der Waals surface area contributed by atoms with E-state index in [9.17, 15) is 0 Å². The molecule has 0 fully saturated rings. The van der Waals surface area contributed by atoms with Gasteiger partial charge in [-0.05, 0) is 51.4 Å². The average molecular weight is 203 g/mol. The molecule has 0 spiro atoms. The summed E-state index contributed by atoms with van der Waals surface area (Å²) >= 11 is 0. The monoisotopic (exact) mass is 203 g/mol. The first-order valence-corrected chi connectivity index (χ1v) is 5.44. The lowest BCUT2D eigenvalue weighted by molar-refractivity contribution is 0.884. The molecule has 15 heavy (non-hydrogen) atoms. The second-order valence-electron chi connectivity index (χ2n) is 4.33. The highest BCUT2D eigenvalue weighted by Crippen LogP contribution is 2.19. The van der Waals surface area contributed by atoms with Crippen LogP contribution in [0.5, 0.6) is 0 Å². The molecule has 0 saturated carbocycles. The fourth-order valence-electron chi connectivity index (χ4n) is 2.00. The zero-order valence-electron chi connectivity index (χ0n) is 10.4. The van der Waals surface area contributed by atoms with Gasteiger partial charge in [0.2, 0.25) is 0 Å². The summed E-state index contributed by atoms with van der Waals surface area (Å²) in [5, 5.41) is 3.17. The molecule has 0 aliphatic rings. The standard InChI is InChI=1S/C14H21N/c1-10-6-12(3)14(13(4)7-10)8-11(2)9-15-5/h6-8,15H,9H2,1-5H3. The first-order valence-electron chi connectivity index (χ1n) is 5.44. The fraction of sp³-hybridized carbons (Fsp3) is 0.429. The van der Waals surface area contributed by atoms with Gasteiger partial charge in [-0.3, -0.25) is 0 Å². The fourth-order valence-corrected chi connectivity index (χ4v) is 2.00. The molecule has 1 nitrogen and oxygen atoms in total. The second-order valence-corrected chi connectivity index (χ2v) is 4.33. The minimum absolute atomic E-state index is 0.951. The number of benzene rings is 1. The molecule has 0 atom stereocenters. The van der Waals surface area contributed by atoms with Gasteiger partial charge in [-0.15, -0.1) is 0 Å². The molecule has 1 heteroatoms. The molecule has 1 rings (SSSR count). The number of aryl methyl sites for hydroxylation is 3. The number of likely N-dealkylation sites (N-methyl/N-ethyl adjacent to an activating group) is 1. The van der Waals surface area contributed by atoms with Crippen LogP contribution in [0.1, 0.15) is 29.2 Å². The van der Waals surface area contributed by atoms with Crippen molar-refractivity contribution in [1.82, 2.24) is 5.32 Å². The average Bonchev–Trinajstić information content (AvgIpc) is 2.11. The zero-order chi connectivity index (χ0) is 11.4. The van der Waals surface area contributed by atoms with Crippen LogP contribution in [-0.4, -0.2) is 13.6 Å². The molecular weight excluding hydrogens is 182 g/mol. The van der Waals surface area contributed by atoms with Crippen molar-refractivity contribution in [3.63, 3.8) is 0 Å². The summed E-state index contributed by atoms with van der Waals surface area (Å²) in [6.07, 6.45) is 2.28. The van der Waals surface area contributed by atoms with E-state index in [-0.39, 0.29) is 0 Å². The van der Waals surface area contributed by atoms with Crippen LogP contribution in [0.25, 0.3) is 6.08 Å². The summed E-state index contributed by atoms with van der Waals surface area (Å²) in [6.45, 7) is 9.62. The van der Waals surface area contributed by atoms with Gasteiger partial charge < -0.3 is 5.32 Å². The van der Waals surface area contributed by atoms with E-state index in [2.05, 4.69) is 51.2 Å². The van der Waals surface area contributed by atoms with Gasteiger partial charge in [-0.1, -0.05) is 29.3 Å². The molecule has 0 heterocycles. The minimum Gasteiger partial charge on any atom is -0.316 e. The van der Waals surface area contributed by atoms with E-state index in [1.807, 2.05) is 7.05 Å². The predicted octanol–water partition coefficient (Wildman–Crippen LogP) is 3.23. The highest BCUT2D eigenvalue weighted by atomic mass is 14.8. The molecule has 0 aromatic heterocycles. The Hall–Kier alpha value is -1.08. The van der Waals surface area contributed by atoms with Gasteiger partial charge in [0.25, 0.3) is 0 Å². The molecule has 0 bridgehead atoms. The van der Waals surface area contributed by atoms with Crippen LogP contribution in [0.2, 0.25) is 0 Å².